The summed E-state index contributed by atoms with van der Waals surface area (Å²) >= 11 is 0. The molecule has 0 saturated heterocycles. The van der Waals surface area contributed by atoms with Crippen LogP contribution in [0.5, 0.6) is 0 Å². The molecule has 0 aliphatic rings. The molecule has 0 saturated carbocycles. The molecule has 1 aromatic heterocycles. The lowest BCUT2D eigenvalue weighted by molar-refractivity contribution is 0.489. The Balaban J connectivity index is 2.47. The van der Waals surface area contributed by atoms with Crippen LogP contribution in [0.1, 0.15) is 19.7 Å². The van der Waals surface area contributed by atoms with E-state index in [-0.39, 0.29) is 0 Å². The zero-order valence-electron chi connectivity index (χ0n) is 9.98. The molecule has 2 N–H and O–H groups in total. The van der Waals surface area contributed by atoms with Gasteiger partial charge in [-0.25, -0.2) is 4.98 Å². The second-order valence-electron chi connectivity index (χ2n) is 4.32. The molecule has 86 valence electrons. The van der Waals surface area contributed by atoms with Gasteiger partial charge >= 0.3 is 0 Å². The number of nitrogens with zero attached hydrogens (tertiary/aromatic N) is 2. The molecule has 3 heteroatoms. The Labute approximate surface area is 96.3 Å². The number of fused-ring (bicyclic) bond motifs is 1. The van der Waals surface area contributed by atoms with E-state index in [4.69, 9.17) is 5.73 Å². The average Bonchev–Trinajstić information content (AvgIpc) is 2.67. The van der Waals surface area contributed by atoms with Crippen LogP contribution in [0.2, 0.25) is 0 Å². The summed E-state index contributed by atoms with van der Waals surface area (Å²) in [5.41, 5.74) is 8.00. The fourth-order valence-electron chi connectivity index (χ4n) is 1.99. The standard InChI is InChI=1S/C13H19N3/c1-3-13-15-11-6-4-5-7-12(11)16(13)9-10(2)8-14/h4-7,10H,3,8-9,14H2,1-2H3. The van der Waals surface area contributed by atoms with Crippen LogP contribution in [0, 0.1) is 5.92 Å². The molecular weight excluding hydrogens is 198 g/mol. The number of hydrogen-bond acceptors (Lipinski definition) is 2. The minimum Gasteiger partial charge on any atom is -0.330 e. The third-order valence-corrected chi connectivity index (χ3v) is 2.95. The number of hydrogen-bond donors (Lipinski definition) is 1. The third kappa shape index (κ3) is 1.95. The molecule has 16 heavy (non-hydrogen) atoms. The predicted octanol–water partition coefficient (Wildman–Crippen LogP) is 2.19. The maximum Gasteiger partial charge on any atom is 0.109 e. The van der Waals surface area contributed by atoms with Crippen molar-refractivity contribution in [1.82, 2.24) is 9.55 Å². The Bertz CT molecular complexity index is 473. The third-order valence-electron chi connectivity index (χ3n) is 2.95. The topological polar surface area (TPSA) is 43.8 Å². The van der Waals surface area contributed by atoms with E-state index in [1.165, 1.54) is 5.52 Å². The second-order valence-corrected chi connectivity index (χ2v) is 4.32. The monoisotopic (exact) mass is 217 g/mol. The lowest BCUT2D eigenvalue weighted by Crippen LogP contribution is -2.18. The summed E-state index contributed by atoms with van der Waals surface area (Å²) in [6, 6.07) is 8.29. The number of para-hydroxylation sites is 2. The zero-order chi connectivity index (χ0) is 11.5. The van der Waals surface area contributed by atoms with E-state index in [2.05, 4.69) is 41.6 Å². The van der Waals surface area contributed by atoms with Gasteiger partial charge in [-0.3, -0.25) is 0 Å². The summed E-state index contributed by atoms with van der Waals surface area (Å²) in [4.78, 5) is 4.64. The number of benzene rings is 1. The molecule has 0 radical (unpaired) electrons. The van der Waals surface area contributed by atoms with Gasteiger partial charge in [-0.1, -0.05) is 26.0 Å². The molecule has 1 heterocycles. The smallest absolute Gasteiger partial charge is 0.109 e. The highest BCUT2D eigenvalue weighted by Crippen LogP contribution is 2.17. The second kappa shape index (κ2) is 4.66. The van der Waals surface area contributed by atoms with Crippen molar-refractivity contribution in [2.24, 2.45) is 11.7 Å². The maximum absolute atomic E-state index is 5.69. The first-order valence-corrected chi connectivity index (χ1v) is 5.90. The van der Waals surface area contributed by atoms with Gasteiger partial charge in [-0.2, -0.15) is 0 Å². The SMILES string of the molecule is CCc1nc2ccccc2n1CC(C)CN. The van der Waals surface area contributed by atoms with Gasteiger partial charge in [0.05, 0.1) is 11.0 Å². The quantitative estimate of drug-likeness (QED) is 0.853. The maximum atomic E-state index is 5.69. The zero-order valence-corrected chi connectivity index (χ0v) is 9.98. The summed E-state index contributed by atoms with van der Waals surface area (Å²) in [6.45, 7) is 5.99. The Morgan fingerprint density at radius 1 is 1.38 bits per heavy atom. The van der Waals surface area contributed by atoms with Crippen LogP contribution >= 0.6 is 0 Å². The van der Waals surface area contributed by atoms with Crippen molar-refractivity contribution in [1.29, 1.82) is 0 Å². The van der Waals surface area contributed by atoms with Crippen LogP contribution in [-0.4, -0.2) is 16.1 Å². The van der Waals surface area contributed by atoms with E-state index >= 15 is 0 Å². The van der Waals surface area contributed by atoms with Crippen molar-refractivity contribution in [2.75, 3.05) is 6.54 Å². The molecule has 0 bridgehead atoms. The lowest BCUT2D eigenvalue weighted by Gasteiger charge is -2.12. The normalized spacial score (nSPS) is 13.2. The molecule has 1 unspecified atom stereocenters. The molecule has 0 amide bonds. The highest BCUT2D eigenvalue weighted by atomic mass is 15.1. The first kappa shape index (κ1) is 11.1. The minimum absolute atomic E-state index is 0.489. The van der Waals surface area contributed by atoms with Gasteiger partial charge in [0.25, 0.3) is 0 Å². The van der Waals surface area contributed by atoms with Crippen molar-refractivity contribution in [3.63, 3.8) is 0 Å². The number of rotatable bonds is 4. The van der Waals surface area contributed by atoms with E-state index in [0.29, 0.717) is 5.92 Å². The molecule has 1 aromatic carbocycles. The summed E-state index contributed by atoms with van der Waals surface area (Å²) in [5, 5.41) is 0. The lowest BCUT2D eigenvalue weighted by atomic mass is 10.2. The number of aromatic nitrogens is 2. The van der Waals surface area contributed by atoms with Crippen molar-refractivity contribution in [2.45, 2.75) is 26.8 Å². The van der Waals surface area contributed by atoms with Gasteiger partial charge in [0, 0.05) is 13.0 Å². The first-order chi connectivity index (χ1) is 7.76. The molecule has 2 aromatic rings. The van der Waals surface area contributed by atoms with Gasteiger partial charge in [0.2, 0.25) is 0 Å². The van der Waals surface area contributed by atoms with E-state index in [1.807, 2.05) is 6.07 Å². The van der Waals surface area contributed by atoms with Crippen LogP contribution in [0.15, 0.2) is 24.3 Å². The minimum atomic E-state index is 0.489. The van der Waals surface area contributed by atoms with Crippen LogP contribution in [-0.2, 0) is 13.0 Å². The molecule has 0 spiro atoms. The van der Waals surface area contributed by atoms with Crippen molar-refractivity contribution in [3.05, 3.63) is 30.1 Å². The molecule has 0 fully saturated rings. The highest BCUT2D eigenvalue weighted by molar-refractivity contribution is 5.75. The van der Waals surface area contributed by atoms with Crippen molar-refractivity contribution >= 4 is 11.0 Å². The van der Waals surface area contributed by atoms with E-state index in [0.717, 1.165) is 30.9 Å². The molecule has 2 rings (SSSR count). The number of nitrogens with two attached hydrogens (primary N) is 1. The van der Waals surface area contributed by atoms with Gasteiger partial charge in [-0.05, 0) is 24.6 Å². The molecule has 0 aliphatic heterocycles. The molecular formula is C13H19N3. The van der Waals surface area contributed by atoms with Crippen LogP contribution in [0.4, 0.5) is 0 Å². The Morgan fingerprint density at radius 3 is 2.81 bits per heavy atom. The van der Waals surface area contributed by atoms with Crippen LogP contribution in [0.25, 0.3) is 11.0 Å². The number of imidazole rings is 1. The van der Waals surface area contributed by atoms with Crippen LogP contribution in [0.3, 0.4) is 0 Å². The van der Waals surface area contributed by atoms with Gasteiger partial charge < -0.3 is 10.3 Å². The average molecular weight is 217 g/mol. The van der Waals surface area contributed by atoms with E-state index in [9.17, 15) is 0 Å². The van der Waals surface area contributed by atoms with Crippen molar-refractivity contribution < 1.29 is 0 Å². The highest BCUT2D eigenvalue weighted by Gasteiger charge is 2.10. The Hall–Kier alpha value is -1.35. The van der Waals surface area contributed by atoms with Gasteiger partial charge in [-0.15, -0.1) is 0 Å². The number of aryl methyl sites for hydroxylation is 1. The van der Waals surface area contributed by atoms with Gasteiger partial charge in [0.15, 0.2) is 0 Å². The van der Waals surface area contributed by atoms with E-state index in [1.54, 1.807) is 0 Å². The van der Waals surface area contributed by atoms with Crippen molar-refractivity contribution in [3.8, 4) is 0 Å². The summed E-state index contributed by atoms with van der Waals surface area (Å²) in [5.74, 6) is 1.64. The molecule has 0 aliphatic carbocycles. The Kier molecular flexibility index (Phi) is 3.25. The van der Waals surface area contributed by atoms with Crippen LogP contribution < -0.4 is 5.73 Å². The Morgan fingerprint density at radius 2 is 2.12 bits per heavy atom. The van der Waals surface area contributed by atoms with E-state index < -0.39 is 0 Å². The van der Waals surface area contributed by atoms with Gasteiger partial charge in [0.1, 0.15) is 5.82 Å². The summed E-state index contributed by atoms with van der Waals surface area (Å²) < 4.78 is 2.30. The molecule has 1 atom stereocenters. The fourth-order valence-corrected chi connectivity index (χ4v) is 1.99. The summed E-state index contributed by atoms with van der Waals surface area (Å²) in [7, 11) is 0. The fraction of sp³-hybridized carbons (Fsp3) is 0.462. The molecule has 3 nitrogen and oxygen atoms in total. The first-order valence-electron chi connectivity index (χ1n) is 5.90. The summed E-state index contributed by atoms with van der Waals surface area (Å²) in [6.07, 6.45) is 0.964. The predicted molar refractivity (Wildman–Crippen MR) is 67.3 cm³/mol. The largest absolute Gasteiger partial charge is 0.330 e.